The highest BCUT2D eigenvalue weighted by Crippen LogP contribution is 2.31. The largest absolute Gasteiger partial charge is 0.350 e. The monoisotopic (exact) mass is 331 g/mol. The number of nitrogens with zero attached hydrogens (tertiary/aromatic N) is 2. The molecule has 2 rings (SSSR count). The minimum Gasteiger partial charge on any atom is -0.350 e. The van der Waals surface area contributed by atoms with Crippen LogP contribution in [0.2, 0.25) is 5.15 Å². The van der Waals surface area contributed by atoms with Crippen LogP contribution in [-0.4, -0.2) is 42.0 Å². The lowest BCUT2D eigenvalue weighted by molar-refractivity contribution is 0.0799. The summed E-state index contributed by atoms with van der Waals surface area (Å²) in [6.07, 6.45) is 7.57. The van der Waals surface area contributed by atoms with E-state index in [1.165, 1.54) is 19.3 Å². The Bertz CT molecular complexity index is 474. The molecular formula is C15H23Cl2N3O. The summed E-state index contributed by atoms with van der Waals surface area (Å²) in [5, 5.41) is 3.28. The van der Waals surface area contributed by atoms with Gasteiger partial charge in [-0.2, -0.15) is 0 Å². The number of pyridine rings is 1. The Hall–Kier alpha value is -0.840. The lowest BCUT2D eigenvalue weighted by Crippen LogP contribution is -2.53. The zero-order chi connectivity index (χ0) is 14.6. The highest BCUT2D eigenvalue weighted by Gasteiger charge is 2.34. The Labute approximate surface area is 137 Å². The van der Waals surface area contributed by atoms with Gasteiger partial charge in [0.05, 0.1) is 5.56 Å². The Balaban J connectivity index is 0.00000220. The lowest BCUT2D eigenvalue weighted by atomic mass is 9.80. The molecule has 1 fully saturated rings. The molecule has 6 heteroatoms. The van der Waals surface area contributed by atoms with E-state index in [1.807, 2.05) is 0 Å². The van der Waals surface area contributed by atoms with Gasteiger partial charge in [0, 0.05) is 18.3 Å². The maximum Gasteiger partial charge on any atom is 0.254 e. The van der Waals surface area contributed by atoms with Crippen LogP contribution in [-0.2, 0) is 0 Å². The van der Waals surface area contributed by atoms with E-state index >= 15 is 0 Å². The van der Waals surface area contributed by atoms with Crippen LogP contribution in [0.5, 0.6) is 0 Å². The van der Waals surface area contributed by atoms with Crippen LogP contribution >= 0.6 is 24.0 Å². The molecule has 0 atom stereocenters. The first-order valence-corrected chi connectivity index (χ1v) is 7.49. The Morgan fingerprint density at radius 1 is 1.38 bits per heavy atom. The number of halogens is 2. The molecule has 0 aromatic carbocycles. The number of rotatable bonds is 4. The molecule has 1 aromatic heterocycles. The molecule has 0 saturated heterocycles. The maximum absolute atomic E-state index is 12.2. The summed E-state index contributed by atoms with van der Waals surface area (Å²) in [4.78, 5) is 18.4. The molecule has 4 nitrogen and oxygen atoms in total. The number of likely N-dealkylation sites (N-methyl/N-ethyl adjacent to an activating group) is 1. The van der Waals surface area contributed by atoms with E-state index in [0.29, 0.717) is 12.1 Å². The van der Waals surface area contributed by atoms with Gasteiger partial charge in [0.1, 0.15) is 5.15 Å². The fourth-order valence-electron chi connectivity index (χ4n) is 2.89. The van der Waals surface area contributed by atoms with E-state index in [2.05, 4.69) is 29.3 Å². The van der Waals surface area contributed by atoms with Gasteiger partial charge >= 0.3 is 0 Å². The van der Waals surface area contributed by atoms with E-state index in [0.717, 1.165) is 12.8 Å². The zero-order valence-corrected chi connectivity index (χ0v) is 14.1. The molecule has 0 bridgehead atoms. The maximum atomic E-state index is 12.2. The predicted molar refractivity (Wildman–Crippen MR) is 88.3 cm³/mol. The predicted octanol–water partition coefficient (Wildman–Crippen LogP) is 3.15. The molecule has 0 unspecified atom stereocenters. The number of carbonyl (C=O) groups is 1. The van der Waals surface area contributed by atoms with E-state index in [1.54, 1.807) is 18.3 Å². The first-order valence-electron chi connectivity index (χ1n) is 7.11. The molecule has 1 N–H and O–H groups in total. The summed E-state index contributed by atoms with van der Waals surface area (Å²) in [5.41, 5.74) is 0.515. The van der Waals surface area contributed by atoms with E-state index < -0.39 is 0 Å². The second-order valence-electron chi connectivity index (χ2n) is 5.70. The average molecular weight is 332 g/mol. The first-order chi connectivity index (χ1) is 9.55. The fraction of sp³-hybridized carbons (Fsp3) is 0.600. The van der Waals surface area contributed by atoms with Crippen molar-refractivity contribution in [3.63, 3.8) is 0 Å². The number of nitrogens with one attached hydrogen (secondary N) is 1. The minimum absolute atomic E-state index is 0. The second-order valence-corrected chi connectivity index (χ2v) is 6.06. The fourth-order valence-corrected chi connectivity index (χ4v) is 3.09. The normalized spacial score (nSPS) is 17.1. The van der Waals surface area contributed by atoms with Crippen LogP contribution < -0.4 is 5.32 Å². The quantitative estimate of drug-likeness (QED) is 0.862. The first kappa shape index (κ1) is 18.2. The van der Waals surface area contributed by atoms with Crippen molar-refractivity contribution >= 4 is 29.9 Å². The van der Waals surface area contributed by atoms with Gasteiger partial charge < -0.3 is 10.2 Å². The van der Waals surface area contributed by atoms with Crippen molar-refractivity contribution in [3.8, 4) is 0 Å². The molecule has 1 amide bonds. The Morgan fingerprint density at radius 2 is 2.05 bits per heavy atom. The van der Waals surface area contributed by atoms with Crippen LogP contribution in [0.3, 0.4) is 0 Å². The Kier molecular flexibility index (Phi) is 6.91. The van der Waals surface area contributed by atoms with Crippen molar-refractivity contribution < 1.29 is 4.79 Å². The summed E-state index contributed by atoms with van der Waals surface area (Å²) < 4.78 is 0. The van der Waals surface area contributed by atoms with Crippen LogP contribution in [0.15, 0.2) is 18.3 Å². The standard InChI is InChI=1S/C15H22ClN3O.ClH/c1-19(2)15(8-4-3-5-9-15)11-18-14(20)12-7-6-10-17-13(12)16;/h6-7,10H,3-5,8-9,11H2,1-2H3,(H,18,20);1H. The molecule has 1 aliphatic rings. The Morgan fingerprint density at radius 3 is 2.62 bits per heavy atom. The van der Waals surface area contributed by atoms with Gasteiger partial charge in [0.2, 0.25) is 0 Å². The molecule has 21 heavy (non-hydrogen) atoms. The highest BCUT2D eigenvalue weighted by molar-refractivity contribution is 6.32. The summed E-state index contributed by atoms with van der Waals surface area (Å²) in [5.74, 6) is -0.144. The van der Waals surface area contributed by atoms with Gasteiger partial charge in [-0.05, 0) is 39.1 Å². The minimum atomic E-state index is -0.144. The summed E-state index contributed by atoms with van der Waals surface area (Å²) >= 11 is 5.96. The molecule has 1 aromatic rings. The summed E-state index contributed by atoms with van der Waals surface area (Å²) in [6, 6.07) is 3.43. The molecule has 118 valence electrons. The van der Waals surface area contributed by atoms with Gasteiger partial charge in [-0.25, -0.2) is 4.98 Å². The molecule has 1 saturated carbocycles. The van der Waals surface area contributed by atoms with Crippen molar-refractivity contribution in [1.82, 2.24) is 15.2 Å². The van der Waals surface area contributed by atoms with Crippen molar-refractivity contribution in [1.29, 1.82) is 0 Å². The van der Waals surface area contributed by atoms with Crippen molar-refractivity contribution in [2.24, 2.45) is 0 Å². The van der Waals surface area contributed by atoms with Crippen LogP contribution in [0.25, 0.3) is 0 Å². The van der Waals surface area contributed by atoms with E-state index in [-0.39, 0.29) is 29.0 Å². The number of hydrogen-bond donors (Lipinski definition) is 1. The smallest absolute Gasteiger partial charge is 0.254 e. The third-order valence-corrected chi connectivity index (χ3v) is 4.62. The van der Waals surface area contributed by atoms with Gasteiger partial charge in [0.25, 0.3) is 5.91 Å². The third-order valence-electron chi connectivity index (χ3n) is 4.31. The zero-order valence-electron chi connectivity index (χ0n) is 12.6. The van der Waals surface area contributed by atoms with Crippen LogP contribution in [0, 0.1) is 0 Å². The summed E-state index contributed by atoms with van der Waals surface area (Å²) in [6.45, 7) is 0.657. The van der Waals surface area contributed by atoms with E-state index in [4.69, 9.17) is 11.6 Å². The van der Waals surface area contributed by atoms with Crippen molar-refractivity contribution in [2.75, 3.05) is 20.6 Å². The number of hydrogen-bond acceptors (Lipinski definition) is 3. The third kappa shape index (κ3) is 4.31. The molecular weight excluding hydrogens is 309 g/mol. The van der Waals surface area contributed by atoms with Gasteiger partial charge in [-0.15, -0.1) is 12.4 Å². The van der Waals surface area contributed by atoms with Crippen molar-refractivity contribution in [3.05, 3.63) is 29.0 Å². The lowest BCUT2D eigenvalue weighted by Gasteiger charge is -2.43. The van der Waals surface area contributed by atoms with Gasteiger partial charge in [0.15, 0.2) is 0 Å². The molecule has 0 aliphatic heterocycles. The average Bonchev–Trinajstić information content (AvgIpc) is 2.46. The van der Waals surface area contributed by atoms with Crippen LogP contribution in [0.1, 0.15) is 42.5 Å². The SMILES string of the molecule is CN(C)C1(CNC(=O)c2cccnc2Cl)CCCCC1.Cl. The van der Waals surface area contributed by atoms with Gasteiger partial charge in [-0.3, -0.25) is 4.79 Å². The molecule has 0 spiro atoms. The topological polar surface area (TPSA) is 45.2 Å². The molecule has 1 heterocycles. The number of aromatic nitrogens is 1. The van der Waals surface area contributed by atoms with E-state index in [9.17, 15) is 4.79 Å². The summed E-state index contributed by atoms with van der Waals surface area (Å²) in [7, 11) is 4.18. The highest BCUT2D eigenvalue weighted by atomic mass is 35.5. The molecule has 1 aliphatic carbocycles. The van der Waals surface area contributed by atoms with Crippen molar-refractivity contribution in [2.45, 2.75) is 37.6 Å². The number of carbonyl (C=O) groups excluding carboxylic acids is 1. The van der Waals surface area contributed by atoms with Gasteiger partial charge in [-0.1, -0.05) is 30.9 Å². The number of amides is 1. The second kappa shape index (κ2) is 7.97. The molecule has 0 radical (unpaired) electrons. The van der Waals surface area contributed by atoms with Crippen LogP contribution in [0.4, 0.5) is 0 Å².